The zero-order valence-corrected chi connectivity index (χ0v) is 9.45. The Balaban J connectivity index is -0.000000102. The standard InChI is InChI=1S/C4H9N.C3H8.C2H6.C2H4/c1-2-4-5-3-1;1-3-2;2*1-2/h5H,1-4H2;3H2,1-2H3;1-2H3;1-2H2. The van der Waals surface area contributed by atoms with Crippen LogP contribution in [0.4, 0.5) is 0 Å². The van der Waals surface area contributed by atoms with Crippen LogP contribution in [0.2, 0.25) is 0 Å². The average molecular weight is 173 g/mol. The van der Waals surface area contributed by atoms with Gasteiger partial charge in [0.25, 0.3) is 0 Å². The highest BCUT2D eigenvalue weighted by molar-refractivity contribution is 4.55. The minimum absolute atomic E-state index is 1.25. The quantitative estimate of drug-likeness (QED) is 0.552. The van der Waals surface area contributed by atoms with Gasteiger partial charge in [0, 0.05) is 0 Å². The summed E-state index contributed by atoms with van der Waals surface area (Å²) in [6.45, 7) is 16.8. The molecule has 0 aromatic carbocycles. The van der Waals surface area contributed by atoms with Crippen molar-refractivity contribution in [3.05, 3.63) is 13.2 Å². The van der Waals surface area contributed by atoms with Crippen LogP contribution >= 0.6 is 0 Å². The van der Waals surface area contributed by atoms with Gasteiger partial charge in [-0.15, -0.1) is 13.2 Å². The van der Waals surface area contributed by atoms with Gasteiger partial charge in [0.1, 0.15) is 0 Å². The monoisotopic (exact) mass is 173 g/mol. The maximum atomic E-state index is 3.22. The molecule has 0 saturated carbocycles. The SMILES string of the molecule is C1CCNC1.C=C.CC.CCC. The lowest BCUT2D eigenvalue weighted by Gasteiger charge is -1.76. The maximum Gasteiger partial charge on any atom is -0.00484 e. The van der Waals surface area contributed by atoms with Crippen LogP contribution in [0, 0.1) is 0 Å². The van der Waals surface area contributed by atoms with Crippen molar-refractivity contribution in [3.63, 3.8) is 0 Å². The van der Waals surface area contributed by atoms with Crippen molar-refractivity contribution in [1.82, 2.24) is 5.32 Å². The molecule has 0 spiro atoms. The zero-order valence-electron chi connectivity index (χ0n) is 9.45. The van der Waals surface area contributed by atoms with E-state index < -0.39 is 0 Å². The van der Waals surface area contributed by atoms with Gasteiger partial charge in [-0.05, 0) is 25.9 Å². The molecule has 1 aliphatic rings. The Morgan fingerprint density at radius 3 is 1.33 bits per heavy atom. The molecule has 76 valence electrons. The maximum absolute atomic E-state index is 3.22. The second-order valence-electron chi connectivity index (χ2n) is 2.16. The Labute approximate surface area is 79.3 Å². The molecule has 0 aliphatic carbocycles. The lowest BCUT2D eigenvalue weighted by Crippen LogP contribution is -2.03. The largest absolute Gasteiger partial charge is 0.317 e. The summed E-state index contributed by atoms with van der Waals surface area (Å²) in [6, 6.07) is 0. The summed E-state index contributed by atoms with van der Waals surface area (Å²) in [5, 5.41) is 3.22. The topological polar surface area (TPSA) is 12.0 Å². The highest BCUT2D eigenvalue weighted by atomic mass is 14.9. The van der Waals surface area contributed by atoms with Crippen molar-refractivity contribution in [2.24, 2.45) is 0 Å². The third kappa shape index (κ3) is 33.2. The molecular weight excluding hydrogens is 146 g/mol. The second-order valence-corrected chi connectivity index (χ2v) is 2.16. The second kappa shape index (κ2) is 31.0. The van der Waals surface area contributed by atoms with Gasteiger partial charge >= 0.3 is 0 Å². The Morgan fingerprint density at radius 1 is 1.00 bits per heavy atom. The van der Waals surface area contributed by atoms with Gasteiger partial charge in [0.05, 0.1) is 0 Å². The zero-order chi connectivity index (χ0) is 10.2. The minimum Gasteiger partial charge on any atom is -0.317 e. The molecular formula is C11H27N. The van der Waals surface area contributed by atoms with Crippen LogP contribution in [-0.2, 0) is 0 Å². The molecule has 1 N–H and O–H groups in total. The van der Waals surface area contributed by atoms with E-state index in [1.165, 1.54) is 32.4 Å². The number of hydrogen-bond acceptors (Lipinski definition) is 1. The fraction of sp³-hybridized carbons (Fsp3) is 0.818. The number of rotatable bonds is 0. The van der Waals surface area contributed by atoms with E-state index in [1.54, 1.807) is 0 Å². The fourth-order valence-electron chi connectivity index (χ4n) is 0.625. The summed E-state index contributed by atoms with van der Waals surface area (Å²) in [4.78, 5) is 0. The third-order valence-corrected chi connectivity index (χ3v) is 0.957. The van der Waals surface area contributed by atoms with Gasteiger partial charge in [-0.25, -0.2) is 0 Å². The van der Waals surface area contributed by atoms with E-state index in [4.69, 9.17) is 0 Å². The minimum atomic E-state index is 1.25. The molecule has 1 aliphatic heterocycles. The summed E-state index contributed by atoms with van der Waals surface area (Å²) in [5.74, 6) is 0. The Bertz CT molecular complexity index is 32.7. The molecule has 0 radical (unpaired) electrons. The number of hydrogen-bond donors (Lipinski definition) is 1. The molecule has 1 rings (SSSR count). The summed E-state index contributed by atoms with van der Waals surface area (Å²) in [7, 11) is 0. The predicted molar refractivity (Wildman–Crippen MR) is 60.7 cm³/mol. The predicted octanol–water partition coefficient (Wildman–Crippen LogP) is 3.61. The van der Waals surface area contributed by atoms with Gasteiger partial charge < -0.3 is 5.32 Å². The molecule has 0 bridgehead atoms. The van der Waals surface area contributed by atoms with Gasteiger partial charge in [0.15, 0.2) is 0 Å². The van der Waals surface area contributed by atoms with Crippen molar-refractivity contribution in [2.45, 2.75) is 47.0 Å². The molecule has 1 nitrogen and oxygen atoms in total. The molecule has 0 amide bonds. The van der Waals surface area contributed by atoms with E-state index in [0.29, 0.717) is 0 Å². The Hall–Kier alpha value is -0.300. The lowest BCUT2D eigenvalue weighted by atomic mass is 10.4. The smallest absolute Gasteiger partial charge is 0.00484 e. The lowest BCUT2D eigenvalue weighted by molar-refractivity contribution is 0.857. The highest BCUT2D eigenvalue weighted by Gasteiger charge is 1.93. The normalized spacial score (nSPS) is 12.3. The van der Waals surface area contributed by atoms with Crippen molar-refractivity contribution in [3.8, 4) is 0 Å². The molecule has 0 atom stereocenters. The highest BCUT2D eigenvalue weighted by Crippen LogP contribution is 1.90. The van der Waals surface area contributed by atoms with E-state index in [9.17, 15) is 0 Å². The van der Waals surface area contributed by atoms with Crippen LogP contribution < -0.4 is 5.32 Å². The fourth-order valence-corrected chi connectivity index (χ4v) is 0.625. The first-order chi connectivity index (χ1) is 5.91. The van der Waals surface area contributed by atoms with Crippen molar-refractivity contribution < 1.29 is 0 Å². The summed E-state index contributed by atoms with van der Waals surface area (Å²) in [5.41, 5.74) is 0. The van der Waals surface area contributed by atoms with Crippen LogP contribution in [0.25, 0.3) is 0 Å². The van der Waals surface area contributed by atoms with Gasteiger partial charge in [-0.1, -0.05) is 34.1 Å². The van der Waals surface area contributed by atoms with Gasteiger partial charge in [0.2, 0.25) is 0 Å². The molecule has 1 fully saturated rings. The molecule has 1 heterocycles. The van der Waals surface area contributed by atoms with E-state index in [1.807, 2.05) is 13.8 Å². The van der Waals surface area contributed by atoms with E-state index in [-0.39, 0.29) is 0 Å². The van der Waals surface area contributed by atoms with Crippen LogP contribution in [0.15, 0.2) is 13.2 Å². The van der Waals surface area contributed by atoms with Gasteiger partial charge in [-0.2, -0.15) is 0 Å². The first-order valence-corrected chi connectivity index (χ1v) is 5.12. The molecule has 0 aromatic rings. The van der Waals surface area contributed by atoms with Crippen molar-refractivity contribution in [1.29, 1.82) is 0 Å². The van der Waals surface area contributed by atoms with Crippen LogP contribution in [0.1, 0.15) is 47.0 Å². The van der Waals surface area contributed by atoms with Crippen LogP contribution in [0.5, 0.6) is 0 Å². The van der Waals surface area contributed by atoms with Gasteiger partial charge in [-0.3, -0.25) is 0 Å². The third-order valence-electron chi connectivity index (χ3n) is 0.957. The van der Waals surface area contributed by atoms with E-state index in [0.717, 1.165) is 0 Å². The van der Waals surface area contributed by atoms with Crippen LogP contribution in [-0.4, -0.2) is 13.1 Å². The summed E-state index contributed by atoms with van der Waals surface area (Å²) >= 11 is 0. The molecule has 1 heteroatoms. The molecule has 0 aromatic heterocycles. The first kappa shape index (κ1) is 17.7. The number of nitrogens with one attached hydrogen (secondary N) is 1. The summed E-state index contributed by atoms with van der Waals surface area (Å²) in [6.07, 6.45) is 4.03. The first-order valence-electron chi connectivity index (χ1n) is 5.12. The van der Waals surface area contributed by atoms with Crippen molar-refractivity contribution in [2.75, 3.05) is 13.1 Å². The molecule has 0 unspecified atom stereocenters. The van der Waals surface area contributed by atoms with E-state index >= 15 is 0 Å². The molecule has 1 saturated heterocycles. The van der Waals surface area contributed by atoms with E-state index in [2.05, 4.69) is 32.3 Å². The average Bonchev–Trinajstić information content (AvgIpc) is 2.69. The Morgan fingerprint density at radius 2 is 1.25 bits per heavy atom. The Kier molecular flexibility index (Phi) is 45.7. The van der Waals surface area contributed by atoms with Crippen molar-refractivity contribution >= 4 is 0 Å². The van der Waals surface area contributed by atoms with Crippen LogP contribution in [0.3, 0.4) is 0 Å². The molecule has 12 heavy (non-hydrogen) atoms. The summed E-state index contributed by atoms with van der Waals surface area (Å²) < 4.78 is 0.